The van der Waals surface area contributed by atoms with Crippen molar-refractivity contribution < 1.29 is 14.2 Å². The van der Waals surface area contributed by atoms with Crippen LogP contribution in [0.5, 0.6) is 0 Å². The van der Waals surface area contributed by atoms with Crippen molar-refractivity contribution in [3.8, 4) is 0 Å². The summed E-state index contributed by atoms with van der Waals surface area (Å²) in [5.74, 6) is -0.487. The van der Waals surface area contributed by atoms with Crippen molar-refractivity contribution in [3.05, 3.63) is 29.8 Å². The molecule has 0 aliphatic carbocycles. The van der Waals surface area contributed by atoms with E-state index in [0.717, 1.165) is 6.20 Å². The predicted molar refractivity (Wildman–Crippen MR) is 53.9 cm³/mol. The number of methoxy groups -OCH3 is 1. The van der Waals surface area contributed by atoms with Crippen LogP contribution in [-0.4, -0.2) is 36.9 Å². The van der Waals surface area contributed by atoms with Crippen molar-refractivity contribution in [2.75, 3.05) is 26.8 Å². The average Bonchev–Trinajstić information content (AvgIpc) is 2.25. The molecule has 1 atom stereocenters. The lowest BCUT2D eigenvalue weighted by Gasteiger charge is -2.12. The molecule has 15 heavy (non-hydrogen) atoms. The molecule has 1 rings (SSSR count). The van der Waals surface area contributed by atoms with E-state index < -0.39 is 11.9 Å². The predicted octanol–water partition coefficient (Wildman–Crippen LogP) is 0.490. The summed E-state index contributed by atoms with van der Waals surface area (Å²) in [6, 6.07) is 1.47. The van der Waals surface area contributed by atoms with Crippen LogP contribution in [0.2, 0.25) is 0 Å². The molecule has 1 unspecified atom stereocenters. The molecule has 0 amide bonds. The highest BCUT2D eigenvalue weighted by Crippen LogP contribution is 2.14. The third-order valence-corrected chi connectivity index (χ3v) is 1.98. The molecule has 0 aliphatic rings. The van der Waals surface area contributed by atoms with Gasteiger partial charge in [0.05, 0.1) is 18.9 Å². The number of rotatable bonds is 6. The highest BCUT2D eigenvalue weighted by molar-refractivity contribution is 5.15. The van der Waals surface area contributed by atoms with Gasteiger partial charge in [-0.05, 0) is 6.07 Å². The van der Waals surface area contributed by atoms with E-state index in [1.807, 2.05) is 0 Å². The number of hydrogen-bond acceptors (Lipinski definition) is 4. The molecule has 2 N–H and O–H groups in total. The fraction of sp³-hybridized carbons (Fsp3) is 0.500. The van der Waals surface area contributed by atoms with Crippen molar-refractivity contribution in [2.45, 2.75) is 6.10 Å². The molecule has 0 aromatic carbocycles. The van der Waals surface area contributed by atoms with Crippen molar-refractivity contribution in [2.24, 2.45) is 0 Å². The third kappa shape index (κ3) is 3.91. The van der Waals surface area contributed by atoms with Gasteiger partial charge >= 0.3 is 0 Å². The molecule has 84 valence electrons. The monoisotopic (exact) mass is 214 g/mol. The van der Waals surface area contributed by atoms with Gasteiger partial charge < -0.3 is 15.2 Å². The summed E-state index contributed by atoms with van der Waals surface area (Å²) in [7, 11) is 1.60. The zero-order chi connectivity index (χ0) is 11.1. The van der Waals surface area contributed by atoms with Crippen LogP contribution in [0.3, 0.4) is 0 Å². The molecule has 0 saturated carbocycles. The van der Waals surface area contributed by atoms with Gasteiger partial charge in [-0.25, -0.2) is 4.39 Å². The summed E-state index contributed by atoms with van der Waals surface area (Å²) in [4.78, 5) is 3.61. The molecule has 0 bridgehead atoms. The Labute approximate surface area is 88.1 Å². The van der Waals surface area contributed by atoms with Gasteiger partial charge in [-0.15, -0.1) is 0 Å². The molecule has 0 aliphatic heterocycles. The Kier molecular flexibility index (Phi) is 5.17. The van der Waals surface area contributed by atoms with E-state index in [1.54, 1.807) is 7.11 Å². The van der Waals surface area contributed by atoms with Crippen LogP contribution >= 0.6 is 0 Å². The minimum atomic E-state index is -0.857. The Bertz CT molecular complexity index is 297. The largest absolute Gasteiger partial charge is 0.387 e. The molecule has 1 aromatic heterocycles. The average molecular weight is 214 g/mol. The Morgan fingerprint density at radius 3 is 3.13 bits per heavy atom. The Morgan fingerprint density at radius 2 is 2.47 bits per heavy atom. The zero-order valence-electron chi connectivity index (χ0n) is 8.61. The van der Waals surface area contributed by atoms with E-state index in [9.17, 15) is 9.50 Å². The standard InChI is InChI=1S/C10H15FN2O2/c1-15-5-4-13-7-10(14)8-2-3-12-6-9(8)11/h2-3,6,10,13-14H,4-5,7H2,1H3. The fourth-order valence-corrected chi connectivity index (χ4v) is 1.18. The summed E-state index contributed by atoms with van der Waals surface area (Å²) in [5.41, 5.74) is 0.259. The van der Waals surface area contributed by atoms with E-state index in [1.165, 1.54) is 12.3 Å². The summed E-state index contributed by atoms with van der Waals surface area (Å²) in [5, 5.41) is 12.6. The zero-order valence-corrected chi connectivity index (χ0v) is 8.61. The first-order chi connectivity index (χ1) is 7.25. The number of halogens is 1. The first-order valence-electron chi connectivity index (χ1n) is 4.73. The minimum Gasteiger partial charge on any atom is -0.387 e. The van der Waals surface area contributed by atoms with Crippen LogP contribution in [0.25, 0.3) is 0 Å². The van der Waals surface area contributed by atoms with E-state index in [-0.39, 0.29) is 5.56 Å². The normalized spacial score (nSPS) is 12.7. The van der Waals surface area contributed by atoms with Gasteiger partial charge in [0.1, 0.15) is 5.82 Å². The summed E-state index contributed by atoms with van der Waals surface area (Å²) in [6.07, 6.45) is 1.69. The Hall–Kier alpha value is -1.04. The lowest BCUT2D eigenvalue weighted by molar-refractivity contribution is 0.158. The fourth-order valence-electron chi connectivity index (χ4n) is 1.18. The van der Waals surface area contributed by atoms with Crippen molar-refractivity contribution in [1.29, 1.82) is 0 Å². The third-order valence-electron chi connectivity index (χ3n) is 1.98. The summed E-state index contributed by atoms with van der Waals surface area (Å²) < 4.78 is 18.0. The molecule has 5 heteroatoms. The summed E-state index contributed by atoms with van der Waals surface area (Å²) >= 11 is 0. The van der Waals surface area contributed by atoms with Crippen molar-refractivity contribution in [3.63, 3.8) is 0 Å². The Balaban J connectivity index is 2.40. The minimum absolute atomic E-state index is 0.259. The van der Waals surface area contributed by atoms with Gasteiger partial charge in [-0.2, -0.15) is 0 Å². The maximum Gasteiger partial charge on any atom is 0.147 e. The topological polar surface area (TPSA) is 54.4 Å². The van der Waals surface area contributed by atoms with Crippen LogP contribution in [0.1, 0.15) is 11.7 Å². The SMILES string of the molecule is COCCNCC(O)c1ccncc1F. The first kappa shape index (κ1) is 12.0. The molecule has 0 spiro atoms. The van der Waals surface area contributed by atoms with E-state index in [4.69, 9.17) is 4.74 Å². The molecule has 0 radical (unpaired) electrons. The van der Waals surface area contributed by atoms with Crippen LogP contribution < -0.4 is 5.32 Å². The number of aromatic nitrogens is 1. The second-order valence-corrected chi connectivity index (χ2v) is 3.11. The highest BCUT2D eigenvalue weighted by atomic mass is 19.1. The molecule has 1 aromatic rings. The second-order valence-electron chi connectivity index (χ2n) is 3.11. The molecule has 4 nitrogen and oxygen atoms in total. The number of aliphatic hydroxyl groups is 1. The highest BCUT2D eigenvalue weighted by Gasteiger charge is 2.11. The molecule has 1 heterocycles. The quantitative estimate of drug-likeness (QED) is 0.677. The number of nitrogens with zero attached hydrogens (tertiary/aromatic N) is 1. The van der Waals surface area contributed by atoms with Gasteiger partial charge in [0.25, 0.3) is 0 Å². The maximum absolute atomic E-state index is 13.1. The first-order valence-corrected chi connectivity index (χ1v) is 4.73. The number of ether oxygens (including phenoxy) is 1. The molecule has 0 fully saturated rings. The van der Waals surface area contributed by atoms with Gasteiger partial charge in [0.2, 0.25) is 0 Å². The molecular weight excluding hydrogens is 199 g/mol. The van der Waals surface area contributed by atoms with Gasteiger partial charge in [-0.1, -0.05) is 0 Å². The summed E-state index contributed by atoms with van der Waals surface area (Å²) in [6.45, 7) is 1.48. The van der Waals surface area contributed by atoms with Crippen molar-refractivity contribution >= 4 is 0 Å². The van der Waals surface area contributed by atoms with Gasteiger partial charge in [0, 0.05) is 32.0 Å². The lowest BCUT2D eigenvalue weighted by Crippen LogP contribution is -2.25. The number of nitrogens with one attached hydrogen (secondary N) is 1. The second kappa shape index (κ2) is 6.44. The van der Waals surface area contributed by atoms with Crippen LogP contribution in [0.15, 0.2) is 18.5 Å². The van der Waals surface area contributed by atoms with Gasteiger partial charge in [0.15, 0.2) is 0 Å². The van der Waals surface area contributed by atoms with Crippen LogP contribution in [-0.2, 0) is 4.74 Å². The maximum atomic E-state index is 13.1. The van der Waals surface area contributed by atoms with Crippen LogP contribution in [0, 0.1) is 5.82 Å². The smallest absolute Gasteiger partial charge is 0.147 e. The van der Waals surface area contributed by atoms with Gasteiger partial charge in [-0.3, -0.25) is 4.98 Å². The lowest BCUT2D eigenvalue weighted by atomic mass is 10.1. The molecular formula is C10H15FN2O2. The van der Waals surface area contributed by atoms with E-state index in [2.05, 4.69) is 10.3 Å². The van der Waals surface area contributed by atoms with E-state index >= 15 is 0 Å². The van der Waals surface area contributed by atoms with Crippen molar-refractivity contribution in [1.82, 2.24) is 10.3 Å². The number of aliphatic hydroxyl groups excluding tert-OH is 1. The number of pyridine rings is 1. The number of hydrogen-bond donors (Lipinski definition) is 2. The van der Waals surface area contributed by atoms with Crippen LogP contribution in [0.4, 0.5) is 4.39 Å². The Morgan fingerprint density at radius 1 is 1.67 bits per heavy atom. The molecule has 0 saturated heterocycles. The van der Waals surface area contributed by atoms with E-state index in [0.29, 0.717) is 19.7 Å².